The van der Waals surface area contributed by atoms with Crippen molar-refractivity contribution >= 4 is 11.8 Å². The minimum Gasteiger partial charge on any atom is -0.459 e. The van der Waals surface area contributed by atoms with Gasteiger partial charge < -0.3 is 10.5 Å². The first-order valence-corrected chi connectivity index (χ1v) is 6.37. The summed E-state index contributed by atoms with van der Waals surface area (Å²) < 4.78 is 6.76. The van der Waals surface area contributed by atoms with Crippen LogP contribution in [0.1, 0.15) is 39.3 Å². The summed E-state index contributed by atoms with van der Waals surface area (Å²) in [5, 5.41) is 4.35. The number of ether oxygens (including phenoxy) is 1. The number of rotatable bonds is 4. The third-order valence-corrected chi connectivity index (χ3v) is 2.76. The number of esters is 1. The molecule has 18 heavy (non-hydrogen) atoms. The van der Waals surface area contributed by atoms with E-state index in [0.717, 1.165) is 18.0 Å². The zero-order chi connectivity index (χ0) is 13.3. The van der Waals surface area contributed by atoms with Crippen molar-refractivity contribution in [3.63, 3.8) is 0 Å². The molecule has 0 unspecified atom stereocenters. The van der Waals surface area contributed by atoms with Crippen LogP contribution in [0.15, 0.2) is 6.07 Å². The van der Waals surface area contributed by atoms with Crippen LogP contribution < -0.4 is 5.73 Å². The number of aromatic nitrogens is 2. The second-order valence-corrected chi connectivity index (χ2v) is 5.95. The van der Waals surface area contributed by atoms with Crippen LogP contribution in [0.2, 0.25) is 0 Å². The van der Waals surface area contributed by atoms with E-state index in [1.807, 2.05) is 26.8 Å². The Balaban J connectivity index is 1.95. The Morgan fingerprint density at radius 2 is 2.22 bits per heavy atom. The van der Waals surface area contributed by atoms with E-state index in [1.165, 1.54) is 17.5 Å². The first kappa shape index (κ1) is 12.9. The smallest absolute Gasteiger partial charge is 0.328 e. The molecule has 0 atom stereocenters. The highest BCUT2D eigenvalue weighted by Gasteiger charge is 2.24. The standard InChI is InChI=1S/C13H21N3O2/c1-13(2,3)18-12(17)8-16-11(14)7-10(15-16)6-9-4-5-9/h7,9H,4-6,8,14H2,1-3H3. The average molecular weight is 251 g/mol. The van der Waals surface area contributed by atoms with E-state index < -0.39 is 5.60 Å². The Labute approximate surface area is 107 Å². The molecule has 0 saturated heterocycles. The van der Waals surface area contributed by atoms with Gasteiger partial charge in [0, 0.05) is 6.07 Å². The maximum atomic E-state index is 11.7. The molecule has 2 rings (SSSR count). The van der Waals surface area contributed by atoms with Crippen LogP contribution in [-0.4, -0.2) is 21.4 Å². The maximum Gasteiger partial charge on any atom is 0.328 e. The molecular formula is C13H21N3O2. The number of hydrogen-bond donors (Lipinski definition) is 1. The van der Waals surface area contributed by atoms with Crippen molar-refractivity contribution in [2.24, 2.45) is 5.92 Å². The van der Waals surface area contributed by atoms with Gasteiger partial charge in [0.1, 0.15) is 18.0 Å². The number of nitrogens with two attached hydrogens (primary N) is 1. The maximum absolute atomic E-state index is 11.7. The fourth-order valence-corrected chi connectivity index (χ4v) is 1.83. The Morgan fingerprint density at radius 1 is 1.56 bits per heavy atom. The first-order valence-electron chi connectivity index (χ1n) is 6.37. The summed E-state index contributed by atoms with van der Waals surface area (Å²) in [5.74, 6) is 0.973. The monoisotopic (exact) mass is 251 g/mol. The quantitative estimate of drug-likeness (QED) is 0.828. The summed E-state index contributed by atoms with van der Waals surface area (Å²) in [6.45, 7) is 5.61. The highest BCUT2D eigenvalue weighted by Crippen LogP contribution is 2.32. The molecule has 0 spiro atoms. The van der Waals surface area contributed by atoms with E-state index >= 15 is 0 Å². The predicted molar refractivity (Wildman–Crippen MR) is 68.9 cm³/mol. The highest BCUT2D eigenvalue weighted by atomic mass is 16.6. The number of carbonyl (C=O) groups is 1. The topological polar surface area (TPSA) is 70.1 Å². The third-order valence-electron chi connectivity index (χ3n) is 2.76. The molecule has 1 heterocycles. The van der Waals surface area contributed by atoms with E-state index in [4.69, 9.17) is 10.5 Å². The lowest BCUT2D eigenvalue weighted by Crippen LogP contribution is -2.27. The van der Waals surface area contributed by atoms with Gasteiger partial charge in [-0.25, -0.2) is 4.68 Å². The van der Waals surface area contributed by atoms with E-state index in [0.29, 0.717) is 5.82 Å². The van der Waals surface area contributed by atoms with Gasteiger partial charge in [-0.1, -0.05) is 0 Å². The normalized spacial score (nSPS) is 15.7. The first-order chi connectivity index (χ1) is 8.33. The van der Waals surface area contributed by atoms with Gasteiger partial charge in [-0.3, -0.25) is 4.79 Å². The third kappa shape index (κ3) is 3.75. The molecule has 0 aromatic carbocycles. The van der Waals surface area contributed by atoms with Gasteiger partial charge in [-0.05, 0) is 46.0 Å². The Hall–Kier alpha value is -1.52. The lowest BCUT2D eigenvalue weighted by Gasteiger charge is -2.19. The van der Waals surface area contributed by atoms with Gasteiger partial charge in [0.15, 0.2) is 0 Å². The van der Waals surface area contributed by atoms with Gasteiger partial charge in [0.25, 0.3) is 0 Å². The van der Waals surface area contributed by atoms with Crippen molar-refractivity contribution in [1.29, 1.82) is 0 Å². The van der Waals surface area contributed by atoms with E-state index in [9.17, 15) is 4.79 Å². The number of nitrogens with zero attached hydrogens (tertiary/aromatic N) is 2. The highest BCUT2D eigenvalue weighted by molar-refractivity contribution is 5.70. The van der Waals surface area contributed by atoms with Crippen molar-refractivity contribution in [1.82, 2.24) is 9.78 Å². The molecule has 0 radical (unpaired) electrons. The lowest BCUT2D eigenvalue weighted by molar-refractivity contribution is -0.155. The van der Waals surface area contributed by atoms with Crippen LogP contribution in [0.3, 0.4) is 0 Å². The molecule has 5 heteroatoms. The second kappa shape index (κ2) is 4.63. The molecular weight excluding hydrogens is 230 g/mol. The van der Waals surface area contributed by atoms with Crippen molar-refractivity contribution in [2.75, 3.05) is 5.73 Å². The second-order valence-electron chi connectivity index (χ2n) is 5.95. The summed E-state index contributed by atoms with van der Waals surface area (Å²) in [6.07, 6.45) is 3.52. The van der Waals surface area contributed by atoms with Crippen molar-refractivity contribution in [3.8, 4) is 0 Å². The molecule has 1 aromatic heterocycles. The summed E-state index contributed by atoms with van der Waals surface area (Å²) in [6, 6.07) is 1.85. The Kier molecular flexibility index (Phi) is 3.32. The van der Waals surface area contributed by atoms with Crippen LogP contribution in [0.4, 0.5) is 5.82 Å². The number of nitrogen functional groups attached to an aromatic ring is 1. The van der Waals surface area contributed by atoms with E-state index in [2.05, 4.69) is 5.10 Å². The Bertz CT molecular complexity index is 442. The molecule has 0 amide bonds. The average Bonchev–Trinajstić information content (AvgIpc) is 2.91. The minimum atomic E-state index is -0.476. The number of carbonyl (C=O) groups excluding carboxylic acids is 1. The number of anilines is 1. The zero-order valence-corrected chi connectivity index (χ0v) is 11.3. The predicted octanol–water partition coefficient (Wildman–Crippen LogP) is 1.76. The van der Waals surface area contributed by atoms with Crippen molar-refractivity contribution < 1.29 is 9.53 Å². The molecule has 1 aromatic rings. The number of hydrogen-bond acceptors (Lipinski definition) is 4. The molecule has 0 aliphatic heterocycles. The van der Waals surface area contributed by atoms with Crippen LogP contribution in [0.5, 0.6) is 0 Å². The Morgan fingerprint density at radius 3 is 2.78 bits per heavy atom. The molecule has 0 bridgehead atoms. The van der Waals surface area contributed by atoms with Crippen LogP contribution >= 0.6 is 0 Å². The van der Waals surface area contributed by atoms with Crippen LogP contribution in [0, 0.1) is 5.92 Å². The minimum absolute atomic E-state index is 0.0772. The van der Waals surface area contributed by atoms with Crippen LogP contribution in [0.25, 0.3) is 0 Å². The van der Waals surface area contributed by atoms with E-state index in [-0.39, 0.29) is 12.5 Å². The molecule has 5 nitrogen and oxygen atoms in total. The van der Waals surface area contributed by atoms with Gasteiger partial charge >= 0.3 is 5.97 Å². The molecule has 1 saturated carbocycles. The molecule has 1 aliphatic rings. The summed E-state index contributed by atoms with van der Waals surface area (Å²) in [7, 11) is 0. The van der Waals surface area contributed by atoms with Gasteiger partial charge in [0.05, 0.1) is 5.69 Å². The lowest BCUT2D eigenvalue weighted by atomic mass is 10.2. The van der Waals surface area contributed by atoms with Crippen LogP contribution in [-0.2, 0) is 22.5 Å². The molecule has 1 aliphatic carbocycles. The van der Waals surface area contributed by atoms with Crippen molar-refractivity contribution in [2.45, 2.75) is 52.2 Å². The summed E-state index contributed by atoms with van der Waals surface area (Å²) in [5.41, 5.74) is 6.34. The largest absolute Gasteiger partial charge is 0.459 e. The zero-order valence-electron chi connectivity index (χ0n) is 11.3. The molecule has 1 fully saturated rings. The van der Waals surface area contributed by atoms with Gasteiger partial charge in [-0.15, -0.1) is 0 Å². The summed E-state index contributed by atoms with van der Waals surface area (Å²) >= 11 is 0. The van der Waals surface area contributed by atoms with E-state index in [1.54, 1.807) is 0 Å². The molecule has 100 valence electrons. The summed E-state index contributed by atoms with van der Waals surface area (Å²) in [4.78, 5) is 11.7. The SMILES string of the molecule is CC(C)(C)OC(=O)Cn1nc(CC2CC2)cc1N. The van der Waals surface area contributed by atoms with Gasteiger partial charge in [0.2, 0.25) is 0 Å². The fraction of sp³-hybridized carbons (Fsp3) is 0.692. The fourth-order valence-electron chi connectivity index (χ4n) is 1.83. The van der Waals surface area contributed by atoms with Gasteiger partial charge in [-0.2, -0.15) is 5.10 Å². The molecule has 2 N–H and O–H groups in total. The van der Waals surface area contributed by atoms with Crippen molar-refractivity contribution in [3.05, 3.63) is 11.8 Å².